The highest BCUT2D eigenvalue weighted by Crippen LogP contribution is 2.17. The van der Waals surface area contributed by atoms with Crippen LogP contribution in [0.5, 0.6) is 0 Å². The third-order valence-electron chi connectivity index (χ3n) is 11.1. The second-order valence-electron chi connectivity index (χ2n) is 17.0. The molecule has 346 valence electrons. The van der Waals surface area contributed by atoms with E-state index in [9.17, 15) is 19.8 Å². The summed E-state index contributed by atoms with van der Waals surface area (Å²) in [7, 11) is 0. The molecule has 0 fully saturated rings. The molecule has 0 bridgehead atoms. The summed E-state index contributed by atoms with van der Waals surface area (Å²) in [6.45, 7) is 6.36. The first-order valence-electron chi connectivity index (χ1n) is 25.2. The molecular weight excluding hydrogens is 743 g/mol. The number of amides is 1. The van der Waals surface area contributed by atoms with E-state index in [1.165, 1.54) is 103 Å². The summed E-state index contributed by atoms with van der Waals surface area (Å²) >= 11 is 0. The van der Waals surface area contributed by atoms with Gasteiger partial charge in [0.15, 0.2) is 0 Å². The molecule has 1 amide bonds. The number of hydrogen-bond donors (Lipinski definition) is 3. The highest BCUT2D eigenvalue weighted by atomic mass is 16.5. The average Bonchev–Trinajstić information content (AvgIpc) is 3.24. The zero-order valence-corrected chi connectivity index (χ0v) is 39.3. The first-order valence-corrected chi connectivity index (χ1v) is 25.2. The third-order valence-corrected chi connectivity index (χ3v) is 11.1. The molecule has 3 N–H and O–H groups in total. The van der Waals surface area contributed by atoms with Gasteiger partial charge in [-0.15, -0.1) is 0 Å². The van der Waals surface area contributed by atoms with Crippen LogP contribution in [0.2, 0.25) is 0 Å². The van der Waals surface area contributed by atoms with Gasteiger partial charge in [0, 0.05) is 6.42 Å². The first-order chi connectivity index (χ1) is 29.5. The van der Waals surface area contributed by atoms with Gasteiger partial charge in [-0.25, -0.2) is 0 Å². The zero-order valence-electron chi connectivity index (χ0n) is 39.3. The van der Waals surface area contributed by atoms with Gasteiger partial charge in [0.25, 0.3) is 0 Å². The predicted octanol–water partition coefficient (Wildman–Crippen LogP) is 15.0. The Bertz CT molecular complexity index is 1120. The summed E-state index contributed by atoms with van der Waals surface area (Å²) in [5.41, 5.74) is 0. The van der Waals surface area contributed by atoms with Crippen LogP contribution in [-0.4, -0.2) is 46.9 Å². The fourth-order valence-electron chi connectivity index (χ4n) is 7.28. The van der Waals surface area contributed by atoms with Crippen molar-refractivity contribution in [1.82, 2.24) is 5.32 Å². The van der Waals surface area contributed by atoms with E-state index in [-0.39, 0.29) is 24.9 Å². The number of aliphatic hydroxyl groups excluding tert-OH is 2. The summed E-state index contributed by atoms with van der Waals surface area (Å²) in [4.78, 5) is 26.1. The molecule has 6 heteroatoms. The molecule has 0 spiro atoms. The summed E-state index contributed by atoms with van der Waals surface area (Å²) < 4.78 is 5.90. The molecule has 0 aliphatic carbocycles. The molecule has 0 heterocycles. The summed E-state index contributed by atoms with van der Waals surface area (Å²) in [6, 6.07) is -0.720. The monoisotopic (exact) mass is 838 g/mol. The number of aliphatic hydroxyl groups is 2. The van der Waals surface area contributed by atoms with Crippen LogP contribution in [0.25, 0.3) is 0 Å². The number of allylic oxidation sites excluding steroid dienone is 12. The molecule has 6 nitrogen and oxygen atoms in total. The Morgan fingerprint density at radius 2 is 0.900 bits per heavy atom. The number of esters is 1. The van der Waals surface area contributed by atoms with Crippen LogP contribution in [0.3, 0.4) is 0 Å². The van der Waals surface area contributed by atoms with E-state index in [0.717, 1.165) is 83.5 Å². The number of carbonyl (C=O) groups is 2. The van der Waals surface area contributed by atoms with E-state index in [1.807, 2.05) is 36.5 Å². The smallest absolute Gasteiger partial charge is 0.306 e. The number of unbranched alkanes of at least 4 members (excludes halogenated alkanes) is 24. The molecule has 0 rings (SSSR count). The van der Waals surface area contributed by atoms with Gasteiger partial charge < -0.3 is 20.3 Å². The topological polar surface area (TPSA) is 95.9 Å². The Morgan fingerprint density at radius 3 is 1.42 bits per heavy atom. The summed E-state index contributed by atoms with van der Waals surface area (Å²) in [5.74, 6) is -0.537. The largest absolute Gasteiger partial charge is 0.462 e. The molecule has 0 aromatic carbocycles. The first kappa shape index (κ1) is 57.3. The van der Waals surface area contributed by atoms with Gasteiger partial charge in [0.05, 0.1) is 25.2 Å². The van der Waals surface area contributed by atoms with Crippen molar-refractivity contribution in [3.05, 3.63) is 72.9 Å². The molecule has 0 aliphatic heterocycles. The molecular formula is C54H95NO5. The minimum Gasteiger partial charge on any atom is -0.462 e. The van der Waals surface area contributed by atoms with E-state index in [4.69, 9.17) is 4.74 Å². The maximum atomic E-state index is 13.2. The fraction of sp³-hybridized carbons (Fsp3) is 0.741. The van der Waals surface area contributed by atoms with Crippen molar-refractivity contribution >= 4 is 11.9 Å². The van der Waals surface area contributed by atoms with Gasteiger partial charge in [-0.05, 0) is 70.6 Å². The Hall–Kier alpha value is -2.70. The van der Waals surface area contributed by atoms with Crippen LogP contribution in [0.15, 0.2) is 72.9 Å². The van der Waals surface area contributed by atoms with E-state index in [0.29, 0.717) is 19.3 Å². The molecule has 0 aromatic heterocycles. The van der Waals surface area contributed by atoms with E-state index >= 15 is 0 Å². The lowest BCUT2D eigenvalue weighted by atomic mass is 10.0. The van der Waals surface area contributed by atoms with E-state index < -0.39 is 18.2 Å². The zero-order chi connectivity index (χ0) is 43.8. The molecule has 3 unspecified atom stereocenters. The predicted molar refractivity (Wildman–Crippen MR) is 259 cm³/mol. The van der Waals surface area contributed by atoms with Crippen LogP contribution in [0.4, 0.5) is 0 Å². The molecule has 3 atom stereocenters. The minimum absolute atomic E-state index is 0.0410. The van der Waals surface area contributed by atoms with Crippen LogP contribution >= 0.6 is 0 Å². The quantitative estimate of drug-likeness (QED) is 0.0246. The van der Waals surface area contributed by atoms with Gasteiger partial charge in [-0.3, -0.25) is 9.59 Å². The lowest BCUT2D eigenvalue weighted by molar-refractivity contribution is -0.151. The number of carbonyl (C=O) groups excluding carboxylic acids is 2. The molecule has 0 aromatic rings. The summed E-state index contributed by atoms with van der Waals surface area (Å²) in [6.07, 6.45) is 59.5. The normalized spacial score (nSPS) is 13.9. The van der Waals surface area contributed by atoms with Gasteiger partial charge >= 0.3 is 5.97 Å². The Kier molecular flexibility index (Phi) is 45.2. The van der Waals surface area contributed by atoms with Gasteiger partial charge in [0.2, 0.25) is 5.91 Å². The minimum atomic E-state index is -0.804. The number of hydrogen-bond acceptors (Lipinski definition) is 5. The molecule has 60 heavy (non-hydrogen) atoms. The van der Waals surface area contributed by atoms with E-state index in [1.54, 1.807) is 0 Å². The van der Waals surface area contributed by atoms with Crippen molar-refractivity contribution in [2.24, 2.45) is 0 Å². The lowest BCUT2D eigenvalue weighted by Crippen LogP contribution is -2.46. The Labute approximate surface area is 371 Å². The maximum Gasteiger partial charge on any atom is 0.306 e. The molecule has 0 radical (unpaired) electrons. The van der Waals surface area contributed by atoms with Crippen LogP contribution in [0.1, 0.15) is 233 Å². The Balaban J connectivity index is 4.73. The summed E-state index contributed by atoms with van der Waals surface area (Å²) in [5, 5.41) is 23.7. The van der Waals surface area contributed by atoms with Gasteiger partial charge in [-0.1, -0.05) is 222 Å². The van der Waals surface area contributed by atoms with Crippen molar-refractivity contribution in [1.29, 1.82) is 0 Å². The van der Waals surface area contributed by atoms with Crippen LogP contribution in [0, 0.1) is 0 Å². The fourth-order valence-corrected chi connectivity index (χ4v) is 7.28. The van der Waals surface area contributed by atoms with Gasteiger partial charge in [0.1, 0.15) is 6.10 Å². The van der Waals surface area contributed by atoms with Crippen molar-refractivity contribution < 1.29 is 24.5 Å². The average molecular weight is 838 g/mol. The Morgan fingerprint density at radius 1 is 0.483 bits per heavy atom. The van der Waals surface area contributed by atoms with Crippen molar-refractivity contribution in [2.75, 3.05) is 6.61 Å². The van der Waals surface area contributed by atoms with Crippen molar-refractivity contribution in [3.63, 3.8) is 0 Å². The second-order valence-corrected chi connectivity index (χ2v) is 17.0. The number of rotatable bonds is 44. The van der Waals surface area contributed by atoms with Crippen molar-refractivity contribution in [2.45, 2.75) is 251 Å². The molecule has 0 saturated heterocycles. The van der Waals surface area contributed by atoms with Crippen LogP contribution < -0.4 is 5.32 Å². The van der Waals surface area contributed by atoms with Gasteiger partial charge in [-0.2, -0.15) is 0 Å². The lowest BCUT2D eigenvalue weighted by Gasteiger charge is -2.24. The molecule has 0 aliphatic rings. The van der Waals surface area contributed by atoms with Crippen molar-refractivity contribution in [3.8, 4) is 0 Å². The highest BCUT2D eigenvalue weighted by Gasteiger charge is 2.24. The highest BCUT2D eigenvalue weighted by molar-refractivity contribution is 5.77. The SMILES string of the molecule is CCC/C=C/C=C/C=C/C=C/C=C/CCCCCC(CC(=O)NC(CO)C(O)CCCCCCCCCCCCC)OC(=O)CCCCC/C=C\CCCCCCCCC. The van der Waals surface area contributed by atoms with E-state index in [2.05, 4.69) is 62.5 Å². The number of nitrogens with one attached hydrogen (secondary N) is 1. The van der Waals surface area contributed by atoms with Crippen LogP contribution in [-0.2, 0) is 14.3 Å². The standard InChI is InChI=1S/C54H95NO5/c1-4-7-10-13-16-19-22-24-26-27-28-31-33-36-39-42-45-50(60-54(59)47-44-41-38-35-32-29-25-23-20-17-14-11-8-5-2)48-53(58)55-51(49-56)52(57)46-43-40-37-34-30-21-18-15-12-9-6-3/h10,13,16,19,22,24,26-29,31-32,50-52,56-57H,4-9,11-12,14-15,17-18,20-21,23,25,30,33-49H2,1-3H3,(H,55,58)/b13-10+,19-16+,24-22+,27-26+,31-28+,32-29-. The second kappa shape index (κ2) is 47.4. The molecule has 0 saturated carbocycles. The maximum absolute atomic E-state index is 13.2. The third kappa shape index (κ3) is 42.0. The number of ether oxygens (including phenoxy) is 1.